The highest BCUT2D eigenvalue weighted by Gasteiger charge is 2.18. The number of morpholine rings is 1. The standard InChI is InChI=1S/C17H23NO2/c1-2-17-14-18(9-11-20-17)13-16-8-5-7-15(12-16)6-3-4-10-19/h5,7-8,12,17,19H,2,4,9-11,13-14H2,1H3. The van der Waals surface area contributed by atoms with E-state index in [0.717, 1.165) is 38.2 Å². The van der Waals surface area contributed by atoms with Gasteiger partial charge < -0.3 is 9.84 Å². The predicted octanol–water partition coefficient (Wildman–Crippen LogP) is 2.03. The summed E-state index contributed by atoms with van der Waals surface area (Å²) in [5.41, 5.74) is 2.31. The summed E-state index contributed by atoms with van der Waals surface area (Å²) in [6.45, 7) is 6.09. The molecule has 0 spiro atoms. The Morgan fingerprint density at radius 3 is 3.15 bits per heavy atom. The molecule has 0 aromatic heterocycles. The van der Waals surface area contributed by atoms with Crippen LogP contribution in [0.2, 0.25) is 0 Å². The van der Waals surface area contributed by atoms with Gasteiger partial charge in [0, 0.05) is 31.6 Å². The largest absolute Gasteiger partial charge is 0.395 e. The Bertz CT molecular complexity index is 475. The van der Waals surface area contributed by atoms with Crippen LogP contribution in [0, 0.1) is 11.8 Å². The zero-order chi connectivity index (χ0) is 14.2. The molecule has 0 bridgehead atoms. The summed E-state index contributed by atoms with van der Waals surface area (Å²) in [6.07, 6.45) is 1.98. The van der Waals surface area contributed by atoms with Gasteiger partial charge in [-0.2, -0.15) is 0 Å². The highest BCUT2D eigenvalue weighted by atomic mass is 16.5. The van der Waals surface area contributed by atoms with Gasteiger partial charge in [0.1, 0.15) is 0 Å². The molecule has 0 amide bonds. The number of aliphatic hydroxyl groups is 1. The second-order valence-corrected chi connectivity index (χ2v) is 5.11. The number of nitrogens with zero attached hydrogens (tertiary/aromatic N) is 1. The van der Waals surface area contributed by atoms with Crippen molar-refractivity contribution in [2.24, 2.45) is 0 Å². The minimum absolute atomic E-state index is 0.124. The van der Waals surface area contributed by atoms with Crippen molar-refractivity contribution in [1.29, 1.82) is 0 Å². The lowest BCUT2D eigenvalue weighted by Gasteiger charge is -2.32. The van der Waals surface area contributed by atoms with E-state index in [4.69, 9.17) is 9.84 Å². The topological polar surface area (TPSA) is 32.7 Å². The van der Waals surface area contributed by atoms with Crippen LogP contribution in [0.3, 0.4) is 0 Å². The third kappa shape index (κ3) is 4.64. The summed E-state index contributed by atoms with van der Waals surface area (Å²) in [6, 6.07) is 8.35. The molecule has 3 heteroatoms. The van der Waals surface area contributed by atoms with Gasteiger partial charge in [-0.25, -0.2) is 0 Å². The van der Waals surface area contributed by atoms with Gasteiger partial charge in [-0.3, -0.25) is 4.90 Å². The molecule has 1 N–H and O–H groups in total. The fourth-order valence-corrected chi connectivity index (χ4v) is 2.40. The van der Waals surface area contributed by atoms with Crippen LogP contribution < -0.4 is 0 Å². The van der Waals surface area contributed by atoms with E-state index in [1.807, 2.05) is 6.07 Å². The number of ether oxygens (including phenoxy) is 1. The van der Waals surface area contributed by atoms with E-state index in [0.29, 0.717) is 12.5 Å². The summed E-state index contributed by atoms with van der Waals surface area (Å²) in [4.78, 5) is 2.44. The average Bonchev–Trinajstić information content (AvgIpc) is 2.48. The van der Waals surface area contributed by atoms with E-state index in [-0.39, 0.29) is 6.61 Å². The molecule has 1 aliphatic rings. The van der Waals surface area contributed by atoms with Crippen molar-refractivity contribution < 1.29 is 9.84 Å². The first-order valence-corrected chi connectivity index (χ1v) is 7.34. The molecule has 108 valence electrons. The van der Waals surface area contributed by atoms with Crippen molar-refractivity contribution in [2.75, 3.05) is 26.3 Å². The molecular formula is C17H23NO2. The molecule has 2 rings (SSSR count). The lowest BCUT2D eigenvalue weighted by molar-refractivity contribution is -0.0324. The Morgan fingerprint density at radius 2 is 2.35 bits per heavy atom. The number of hydrogen-bond donors (Lipinski definition) is 1. The Hall–Kier alpha value is -1.34. The summed E-state index contributed by atoms with van der Waals surface area (Å²) >= 11 is 0. The molecule has 1 atom stereocenters. The van der Waals surface area contributed by atoms with E-state index in [2.05, 4.69) is 41.9 Å². The van der Waals surface area contributed by atoms with Crippen molar-refractivity contribution in [1.82, 2.24) is 4.90 Å². The normalized spacial score (nSPS) is 19.4. The molecule has 1 aliphatic heterocycles. The van der Waals surface area contributed by atoms with Gasteiger partial charge in [0.05, 0.1) is 19.3 Å². The molecule has 1 unspecified atom stereocenters. The Morgan fingerprint density at radius 1 is 1.45 bits per heavy atom. The molecule has 0 radical (unpaired) electrons. The monoisotopic (exact) mass is 273 g/mol. The zero-order valence-electron chi connectivity index (χ0n) is 12.1. The second kappa shape index (κ2) is 8.06. The van der Waals surface area contributed by atoms with Crippen LogP contribution in [-0.4, -0.2) is 42.4 Å². The van der Waals surface area contributed by atoms with Gasteiger partial charge >= 0.3 is 0 Å². The highest BCUT2D eigenvalue weighted by molar-refractivity contribution is 5.37. The maximum absolute atomic E-state index is 8.74. The van der Waals surface area contributed by atoms with Crippen LogP contribution in [-0.2, 0) is 11.3 Å². The smallest absolute Gasteiger partial charge is 0.0700 e. The molecule has 1 aromatic carbocycles. The summed E-state index contributed by atoms with van der Waals surface area (Å²) in [7, 11) is 0. The maximum Gasteiger partial charge on any atom is 0.0700 e. The van der Waals surface area contributed by atoms with Crippen molar-refractivity contribution in [3.63, 3.8) is 0 Å². The second-order valence-electron chi connectivity index (χ2n) is 5.11. The third-order valence-electron chi connectivity index (χ3n) is 3.48. The quantitative estimate of drug-likeness (QED) is 0.852. The van der Waals surface area contributed by atoms with E-state index in [1.54, 1.807) is 0 Å². The summed E-state index contributed by atoms with van der Waals surface area (Å²) in [5, 5.41) is 8.74. The molecule has 1 heterocycles. The van der Waals surface area contributed by atoms with Crippen LogP contribution in [0.5, 0.6) is 0 Å². The van der Waals surface area contributed by atoms with Crippen LogP contribution >= 0.6 is 0 Å². The molecule has 20 heavy (non-hydrogen) atoms. The van der Waals surface area contributed by atoms with Crippen LogP contribution in [0.25, 0.3) is 0 Å². The predicted molar refractivity (Wildman–Crippen MR) is 80.3 cm³/mol. The summed E-state index contributed by atoms with van der Waals surface area (Å²) < 4.78 is 5.70. The molecule has 1 fully saturated rings. The van der Waals surface area contributed by atoms with Crippen LogP contribution in [0.15, 0.2) is 24.3 Å². The Balaban J connectivity index is 1.96. The van der Waals surface area contributed by atoms with Crippen molar-refractivity contribution >= 4 is 0 Å². The minimum Gasteiger partial charge on any atom is -0.395 e. The van der Waals surface area contributed by atoms with Gasteiger partial charge in [-0.05, 0) is 24.1 Å². The summed E-state index contributed by atoms with van der Waals surface area (Å²) in [5.74, 6) is 6.05. The maximum atomic E-state index is 8.74. The Labute approximate surface area is 121 Å². The first kappa shape index (κ1) is 15.1. The SMILES string of the molecule is CCC1CN(Cc2cccc(C#CCCO)c2)CCO1. The van der Waals surface area contributed by atoms with E-state index in [1.165, 1.54) is 5.56 Å². The zero-order valence-corrected chi connectivity index (χ0v) is 12.1. The molecule has 0 saturated carbocycles. The number of hydrogen-bond acceptors (Lipinski definition) is 3. The van der Waals surface area contributed by atoms with Gasteiger partial charge in [0.25, 0.3) is 0 Å². The third-order valence-corrected chi connectivity index (χ3v) is 3.48. The van der Waals surface area contributed by atoms with Gasteiger partial charge in [-0.15, -0.1) is 0 Å². The Kier molecular flexibility index (Phi) is 6.07. The van der Waals surface area contributed by atoms with E-state index in [9.17, 15) is 0 Å². The van der Waals surface area contributed by atoms with Crippen molar-refractivity contribution in [3.8, 4) is 11.8 Å². The van der Waals surface area contributed by atoms with Crippen molar-refractivity contribution in [2.45, 2.75) is 32.4 Å². The number of rotatable bonds is 4. The van der Waals surface area contributed by atoms with E-state index >= 15 is 0 Å². The molecule has 1 saturated heterocycles. The highest BCUT2D eigenvalue weighted by Crippen LogP contribution is 2.13. The average molecular weight is 273 g/mol. The van der Waals surface area contributed by atoms with Gasteiger partial charge in [0.15, 0.2) is 0 Å². The van der Waals surface area contributed by atoms with E-state index < -0.39 is 0 Å². The molecular weight excluding hydrogens is 250 g/mol. The first-order valence-electron chi connectivity index (χ1n) is 7.34. The lowest BCUT2D eigenvalue weighted by atomic mass is 10.1. The van der Waals surface area contributed by atoms with Crippen molar-refractivity contribution in [3.05, 3.63) is 35.4 Å². The fourth-order valence-electron chi connectivity index (χ4n) is 2.40. The van der Waals surface area contributed by atoms with Gasteiger partial charge in [-0.1, -0.05) is 30.9 Å². The van der Waals surface area contributed by atoms with Crippen LogP contribution in [0.4, 0.5) is 0 Å². The molecule has 3 nitrogen and oxygen atoms in total. The lowest BCUT2D eigenvalue weighted by Crippen LogP contribution is -2.41. The molecule has 0 aliphatic carbocycles. The van der Waals surface area contributed by atoms with Gasteiger partial charge in [0.2, 0.25) is 0 Å². The number of aliphatic hydroxyl groups excluding tert-OH is 1. The first-order chi connectivity index (χ1) is 9.81. The number of benzene rings is 1. The van der Waals surface area contributed by atoms with Crippen LogP contribution in [0.1, 0.15) is 30.9 Å². The molecule has 1 aromatic rings. The fraction of sp³-hybridized carbons (Fsp3) is 0.529. The minimum atomic E-state index is 0.124.